The first-order valence-corrected chi connectivity index (χ1v) is 10.4. The number of fused-ring (bicyclic) bond motifs is 3. The maximum absolute atomic E-state index is 13.1. The van der Waals surface area contributed by atoms with Crippen LogP contribution in [0.4, 0.5) is 19.1 Å². The summed E-state index contributed by atoms with van der Waals surface area (Å²) < 4.78 is 52.5. The summed E-state index contributed by atoms with van der Waals surface area (Å²) in [6.07, 6.45) is 1.63. The van der Waals surface area contributed by atoms with Crippen molar-refractivity contribution in [1.82, 2.24) is 14.5 Å². The third kappa shape index (κ3) is 3.66. The lowest BCUT2D eigenvalue weighted by Gasteiger charge is -2.28. The van der Waals surface area contributed by atoms with Crippen LogP contribution in [0.15, 0.2) is 12.1 Å². The number of halogens is 3. The van der Waals surface area contributed by atoms with E-state index in [4.69, 9.17) is 9.47 Å². The monoisotopic (exact) mass is 424 g/mol. The largest absolute Gasteiger partial charge is 0.433 e. The molecule has 0 spiro atoms. The van der Waals surface area contributed by atoms with E-state index >= 15 is 0 Å². The first-order valence-electron chi connectivity index (χ1n) is 10.4. The fourth-order valence-corrected chi connectivity index (χ4v) is 4.47. The third-order valence-electron chi connectivity index (χ3n) is 6.23. The van der Waals surface area contributed by atoms with Crippen molar-refractivity contribution in [3.05, 3.63) is 17.8 Å². The van der Waals surface area contributed by atoms with Gasteiger partial charge >= 0.3 is 6.18 Å². The van der Waals surface area contributed by atoms with E-state index in [-0.39, 0.29) is 54.9 Å². The van der Waals surface area contributed by atoms with E-state index < -0.39 is 11.9 Å². The fourth-order valence-electron chi connectivity index (χ4n) is 4.47. The molecule has 1 N–H and O–H groups in total. The number of carbonyl (C=O) groups excluding carboxylic acids is 1. The predicted octanol–water partition coefficient (Wildman–Crippen LogP) is 3.84. The molecule has 2 bridgehead atoms. The highest BCUT2D eigenvalue weighted by Crippen LogP contribution is 2.38. The molecular formula is C20H23F3N4O3. The van der Waals surface area contributed by atoms with E-state index in [0.717, 1.165) is 44.6 Å². The van der Waals surface area contributed by atoms with E-state index in [1.165, 1.54) is 6.07 Å². The Morgan fingerprint density at radius 2 is 2.07 bits per heavy atom. The van der Waals surface area contributed by atoms with Crippen molar-refractivity contribution in [2.24, 2.45) is 0 Å². The van der Waals surface area contributed by atoms with E-state index in [1.54, 1.807) is 4.57 Å². The van der Waals surface area contributed by atoms with Crippen LogP contribution in [0.1, 0.15) is 56.7 Å². The van der Waals surface area contributed by atoms with Gasteiger partial charge in [0.1, 0.15) is 11.2 Å². The first kappa shape index (κ1) is 19.7. The number of aromatic nitrogens is 3. The van der Waals surface area contributed by atoms with Gasteiger partial charge < -0.3 is 9.47 Å². The van der Waals surface area contributed by atoms with E-state index in [1.807, 2.05) is 0 Å². The van der Waals surface area contributed by atoms with Crippen molar-refractivity contribution in [2.45, 2.75) is 75.5 Å². The van der Waals surface area contributed by atoms with Crippen LogP contribution in [0, 0.1) is 0 Å². The molecule has 3 aliphatic rings. The number of rotatable bonds is 6. The predicted molar refractivity (Wildman–Crippen MR) is 101 cm³/mol. The number of alkyl halides is 3. The molecule has 7 nitrogen and oxygen atoms in total. The summed E-state index contributed by atoms with van der Waals surface area (Å²) >= 11 is 0. The lowest BCUT2D eigenvalue weighted by atomic mass is 9.93. The highest BCUT2D eigenvalue weighted by Gasteiger charge is 2.41. The van der Waals surface area contributed by atoms with Crippen LogP contribution in [0.5, 0.6) is 0 Å². The fraction of sp³-hybridized carbons (Fsp3) is 0.650. The van der Waals surface area contributed by atoms with Gasteiger partial charge in [-0.25, -0.2) is 9.97 Å². The smallest absolute Gasteiger partial charge is 0.375 e. The zero-order valence-corrected chi connectivity index (χ0v) is 16.3. The van der Waals surface area contributed by atoms with Crippen molar-refractivity contribution in [3.63, 3.8) is 0 Å². The summed E-state index contributed by atoms with van der Waals surface area (Å²) in [7, 11) is 0. The van der Waals surface area contributed by atoms with Gasteiger partial charge in [-0.1, -0.05) is 0 Å². The average molecular weight is 424 g/mol. The standard InChI is InChI=1S/C20H23F3N4O3/c21-20(22,23)16-7-5-13-18(25-16)27(11-2-1-3-11)19(24-13)26-17(28)8-9-29-15-10-12-4-6-14(15)30-12/h5,7,11-12,14-15H,1-4,6,8-10H2,(H,24,26,28). The molecule has 2 aliphatic heterocycles. The topological polar surface area (TPSA) is 78.3 Å². The molecule has 1 aliphatic carbocycles. The van der Waals surface area contributed by atoms with Crippen LogP contribution >= 0.6 is 0 Å². The van der Waals surface area contributed by atoms with E-state index in [9.17, 15) is 18.0 Å². The van der Waals surface area contributed by atoms with Crippen LogP contribution in [0.25, 0.3) is 11.2 Å². The van der Waals surface area contributed by atoms with Gasteiger partial charge in [0, 0.05) is 12.5 Å². The Bertz CT molecular complexity index is 957. The van der Waals surface area contributed by atoms with Gasteiger partial charge in [-0.3, -0.25) is 14.7 Å². The van der Waals surface area contributed by atoms with Gasteiger partial charge in [-0.2, -0.15) is 13.2 Å². The number of nitrogens with zero attached hydrogens (tertiary/aromatic N) is 3. The highest BCUT2D eigenvalue weighted by atomic mass is 19.4. The summed E-state index contributed by atoms with van der Waals surface area (Å²) in [6, 6.07) is 2.20. The summed E-state index contributed by atoms with van der Waals surface area (Å²) in [5.74, 6) is -0.0409. The number of carbonyl (C=O) groups is 1. The number of ether oxygens (including phenoxy) is 2. The van der Waals surface area contributed by atoms with Crippen molar-refractivity contribution < 1.29 is 27.4 Å². The van der Waals surface area contributed by atoms with Crippen molar-refractivity contribution in [3.8, 4) is 0 Å². The summed E-state index contributed by atoms with van der Waals surface area (Å²) in [4.78, 5) is 20.6. The van der Waals surface area contributed by atoms with Crippen LogP contribution in [-0.2, 0) is 20.4 Å². The molecule has 2 aromatic rings. The van der Waals surface area contributed by atoms with Crippen LogP contribution in [0.3, 0.4) is 0 Å². The van der Waals surface area contributed by atoms with Gasteiger partial charge in [-0.15, -0.1) is 0 Å². The van der Waals surface area contributed by atoms with Gasteiger partial charge in [-0.05, 0) is 44.2 Å². The Hall–Kier alpha value is -2.20. The average Bonchev–Trinajstić information content (AvgIpc) is 3.34. The van der Waals surface area contributed by atoms with Crippen LogP contribution < -0.4 is 5.32 Å². The Morgan fingerprint density at radius 1 is 1.23 bits per heavy atom. The number of hydrogen-bond acceptors (Lipinski definition) is 5. The van der Waals surface area contributed by atoms with Crippen LogP contribution in [0.2, 0.25) is 0 Å². The molecule has 2 saturated heterocycles. The molecule has 5 rings (SSSR count). The molecule has 30 heavy (non-hydrogen) atoms. The second-order valence-electron chi connectivity index (χ2n) is 8.24. The number of nitrogens with one attached hydrogen (secondary N) is 1. The summed E-state index contributed by atoms with van der Waals surface area (Å²) in [6.45, 7) is 0.267. The maximum Gasteiger partial charge on any atom is 0.433 e. The number of pyridine rings is 1. The van der Waals surface area contributed by atoms with E-state index in [0.29, 0.717) is 5.52 Å². The molecule has 162 valence electrons. The number of hydrogen-bond donors (Lipinski definition) is 1. The SMILES string of the molecule is O=C(CCOC1CC2CCC1O2)Nc1nc2ccc(C(F)(F)F)nc2n1C1CCC1. The molecule has 2 aromatic heterocycles. The quantitative estimate of drug-likeness (QED) is 0.762. The molecule has 4 heterocycles. The molecule has 10 heteroatoms. The summed E-state index contributed by atoms with van der Waals surface area (Å²) in [5.41, 5.74) is -0.476. The first-order chi connectivity index (χ1) is 14.4. The minimum absolute atomic E-state index is 0.0104. The molecular weight excluding hydrogens is 401 g/mol. The minimum Gasteiger partial charge on any atom is -0.375 e. The van der Waals surface area contributed by atoms with E-state index in [2.05, 4.69) is 15.3 Å². The highest BCUT2D eigenvalue weighted by molar-refractivity contribution is 5.91. The van der Waals surface area contributed by atoms with Crippen molar-refractivity contribution in [2.75, 3.05) is 11.9 Å². The minimum atomic E-state index is -4.53. The molecule has 0 aromatic carbocycles. The van der Waals surface area contributed by atoms with Gasteiger partial charge in [0.25, 0.3) is 0 Å². The molecule has 0 radical (unpaired) electrons. The lowest BCUT2D eigenvalue weighted by molar-refractivity contribution is -0.141. The molecule has 1 saturated carbocycles. The molecule has 1 amide bonds. The molecule has 3 unspecified atom stereocenters. The second-order valence-corrected chi connectivity index (χ2v) is 8.24. The zero-order chi connectivity index (χ0) is 20.9. The third-order valence-corrected chi connectivity index (χ3v) is 6.23. The number of amides is 1. The molecule has 3 fully saturated rings. The van der Waals surface area contributed by atoms with Gasteiger partial charge in [0.05, 0.1) is 31.3 Å². The van der Waals surface area contributed by atoms with Crippen LogP contribution in [-0.4, -0.2) is 45.4 Å². The Balaban J connectivity index is 1.29. The Labute approximate surface area is 170 Å². The number of anilines is 1. The number of imidazole rings is 1. The van der Waals surface area contributed by atoms with Gasteiger partial charge in [0.2, 0.25) is 11.9 Å². The van der Waals surface area contributed by atoms with Crippen molar-refractivity contribution >= 4 is 23.0 Å². The Kier molecular flexibility index (Phi) is 4.93. The normalized spacial score (nSPS) is 26.3. The zero-order valence-electron chi connectivity index (χ0n) is 16.3. The van der Waals surface area contributed by atoms with Crippen molar-refractivity contribution in [1.29, 1.82) is 0 Å². The molecule has 3 atom stereocenters. The Morgan fingerprint density at radius 3 is 2.70 bits per heavy atom. The van der Waals surface area contributed by atoms with Gasteiger partial charge in [0.15, 0.2) is 5.65 Å². The maximum atomic E-state index is 13.1. The summed E-state index contributed by atoms with van der Waals surface area (Å²) in [5, 5.41) is 2.75. The lowest BCUT2D eigenvalue weighted by Crippen LogP contribution is -2.27. The second kappa shape index (κ2) is 7.49.